The van der Waals surface area contributed by atoms with Gasteiger partial charge in [0.05, 0.1) is 25.2 Å². The Kier molecular flexibility index (Phi) is 6.03. The van der Waals surface area contributed by atoms with Crippen molar-refractivity contribution >= 4 is 17.5 Å². The van der Waals surface area contributed by atoms with Crippen LogP contribution in [0.4, 0.5) is 0 Å². The third-order valence-corrected chi connectivity index (χ3v) is 4.05. The molecule has 3 unspecified atom stereocenters. The summed E-state index contributed by atoms with van der Waals surface area (Å²) < 4.78 is 5.45. The highest BCUT2D eigenvalue weighted by atomic mass is 35.5. The van der Waals surface area contributed by atoms with Gasteiger partial charge in [-0.3, -0.25) is 4.79 Å². The summed E-state index contributed by atoms with van der Waals surface area (Å²) in [5.41, 5.74) is 1.05. The second-order valence-electron chi connectivity index (χ2n) is 5.49. The zero-order valence-corrected chi connectivity index (χ0v) is 13.3. The fraction of sp³-hybridized carbons (Fsp3) is 0.562. The number of ether oxygens (including phenoxy) is 1. The lowest BCUT2D eigenvalue weighted by Crippen LogP contribution is -2.44. The van der Waals surface area contributed by atoms with E-state index in [1.807, 2.05) is 31.2 Å². The van der Waals surface area contributed by atoms with Crippen molar-refractivity contribution in [3.8, 4) is 0 Å². The van der Waals surface area contributed by atoms with E-state index in [0.29, 0.717) is 18.2 Å². The van der Waals surface area contributed by atoms with Crippen LogP contribution in [0.25, 0.3) is 0 Å². The molecule has 1 fully saturated rings. The Morgan fingerprint density at radius 2 is 2.10 bits per heavy atom. The average molecular weight is 311 g/mol. The molecule has 2 N–H and O–H groups in total. The van der Waals surface area contributed by atoms with E-state index in [-0.39, 0.29) is 23.9 Å². The average Bonchev–Trinajstić information content (AvgIpc) is 2.94. The maximum atomic E-state index is 12.4. The molecular formula is C16H23ClN2O2. The molecule has 0 aliphatic carbocycles. The van der Waals surface area contributed by atoms with Gasteiger partial charge in [0.15, 0.2) is 0 Å². The van der Waals surface area contributed by atoms with Crippen molar-refractivity contribution < 1.29 is 9.53 Å². The fourth-order valence-electron chi connectivity index (χ4n) is 2.50. The summed E-state index contributed by atoms with van der Waals surface area (Å²) in [6.07, 6.45) is 1.05. The minimum absolute atomic E-state index is 0.0396. The second kappa shape index (κ2) is 7.78. The molecule has 3 atom stereocenters. The summed E-state index contributed by atoms with van der Waals surface area (Å²) in [5.74, 6) is -0.0742. The number of carbonyl (C=O) groups excluding carboxylic acids is 1. The van der Waals surface area contributed by atoms with Gasteiger partial charge in [0, 0.05) is 11.1 Å². The molecule has 4 nitrogen and oxygen atoms in total. The van der Waals surface area contributed by atoms with Gasteiger partial charge < -0.3 is 15.4 Å². The third-order valence-electron chi connectivity index (χ3n) is 3.80. The van der Waals surface area contributed by atoms with E-state index in [2.05, 4.69) is 17.6 Å². The fourth-order valence-corrected chi connectivity index (χ4v) is 2.62. The molecule has 0 saturated carbocycles. The quantitative estimate of drug-likeness (QED) is 0.849. The largest absolute Gasteiger partial charge is 0.379 e. The van der Waals surface area contributed by atoms with E-state index in [4.69, 9.17) is 16.3 Å². The number of hydrogen-bond donors (Lipinski definition) is 2. The molecule has 0 radical (unpaired) electrons. The Labute approximate surface area is 131 Å². The molecule has 1 aromatic rings. The van der Waals surface area contributed by atoms with Crippen LogP contribution in [0.15, 0.2) is 24.3 Å². The van der Waals surface area contributed by atoms with E-state index in [1.165, 1.54) is 0 Å². The van der Waals surface area contributed by atoms with E-state index in [0.717, 1.165) is 18.5 Å². The number of hydrogen-bond acceptors (Lipinski definition) is 3. The first kappa shape index (κ1) is 16.3. The standard InChI is InChI=1S/C16H23ClN2O2/c1-3-8-18-15-10-21-9-14(15)16(20)19-11(2)12-4-6-13(17)7-5-12/h4-7,11,14-15,18H,3,8-10H2,1-2H3,(H,19,20). The first-order valence-corrected chi connectivity index (χ1v) is 7.86. The highest BCUT2D eigenvalue weighted by Crippen LogP contribution is 2.19. The van der Waals surface area contributed by atoms with Crippen molar-refractivity contribution in [3.63, 3.8) is 0 Å². The van der Waals surface area contributed by atoms with Gasteiger partial charge >= 0.3 is 0 Å². The highest BCUT2D eigenvalue weighted by molar-refractivity contribution is 6.30. The lowest BCUT2D eigenvalue weighted by Gasteiger charge is -2.21. The molecule has 1 amide bonds. The van der Waals surface area contributed by atoms with Gasteiger partial charge in [-0.2, -0.15) is 0 Å². The number of amides is 1. The van der Waals surface area contributed by atoms with Crippen LogP contribution in [-0.4, -0.2) is 31.7 Å². The summed E-state index contributed by atoms with van der Waals surface area (Å²) in [4.78, 5) is 12.4. The highest BCUT2D eigenvalue weighted by Gasteiger charge is 2.34. The topological polar surface area (TPSA) is 50.4 Å². The minimum Gasteiger partial charge on any atom is -0.379 e. The number of benzene rings is 1. The maximum absolute atomic E-state index is 12.4. The van der Waals surface area contributed by atoms with Gasteiger partial charge in [-0.25, -0.2) is 0 Å². The van der Waals surface area contributed by atoms with Crippen molar-refractivity contribution in [1.29, 1.82) is 0 Å². The van der Waals surface area contributed by atoms with Crippen molar-refractivity contribution in [2.75, 3.05) is 19.8 Å². The van der Waals surface area contributed by atoms with E-state index < -0.39 is 0 Å². The smallest absolute Gasteiger partial charge is 0.227 e. The van der Waals surface area contributed by atoms with E-state index in [1.54, 1.807) is 0 Å². The Morgan fingerprint density at radius 1 is 1.38 bits per heavy atom. The first-order chi connectivity index (χ1) is 10.1. The zero-order chi connectivity index (χ0) is 15.2. The van der Waals surface area contributed by atoms with Gasteiger partial charge in [0.2, 0.25) is 5.91 Å². The number of halogens is 1. The van der Waals surface area contributed by atoms with Crippen LogP contribution in [0.1, 0.15) is 31.9 Å². The van der Waals surface area contributed by atoms with Gasteiger partial charge in [0.25, 0.3) is 0 Å². The first-order valence-electron chi connectivity index (χ1n) is 7.48. The lowest BCUT2D eigenvalue weighted by atomic mass is 10.0. The van der Waals surface area contributed by atoms with Gasteiger partial charge in [-0.15, -0.1) is 0 Å². The molecule has 0 bridgehead atoms. The summed E-state index contributed by atoms with van der Waals surface area (Å²) >= 11 is 5.88. The predicted molar refractivity (Wildman–Crippen MR) is 84.4 cm³/mol. The molecule has 2 rings (SSSR count). The molecular weight excluding hydrogens is 288 g/mol. The van der Waals surface area contributed by atoms with Crippen LogP contribution in [0, 0.1) is 5.92 Å². The predicted octanol–water partition coefficient (Wildman–Crippen LogP) is 2.53. The normalized spacial score (nSPS) is 23.0. The van der Waals surface area contributed by atoms with E-state index in [9.17, 15) is 4.79 Å². The zero-order valence-electron chi connectivity index (χ0n) is 12.6. The molecule has 1 heterocycles. The molecule has 1 saturated heterocycles. The molecule has 1 aliphatic rings. The molecule has 21 heavy (non-hydrogen) atoms. The Balaban J connectivity index is 1.92. The Bertz CT molecular complexity index is 464. The maximum Gasteiger partial charge on any atom is 0.227 e. The third kappa shape index (κ3) is 4.43. The molecule has 1 aliphatic heterocycles. The lowest BCUT2D eigenvalue weighted by molar-refractivity contribution is -0.126. The van der Waals surface area contributed by atoms with Crippen LogP contribution in [0.2, 0.25) is 5.02 Å². The summed E-state index contributed by atoms with van der Waals surface area (Å²) in [6, 6.07) is 7.62. The number of nitrogens with one attached hydrogen (secondary N) is 2. The van der Waals surface area contributed by atoms with Crippen LogP contribution < -0.4 is 10.6 Å². The molecule has 116 valence electrons. The Morgan fingerprint density at radius 3 is 2.76 bits per heavy atom. The number of rotatable bonds is 6. The SMILES string of the molecule is CCCNC1COCC1C(=O)NC(C)c1ccc(Cl)cc1. The molecule has 0 aromatic heterocycles. The molecule has 1 aromatic carbocycles. The Hall–Kier alpha value is -1.10. The van der Waals surface area contributed by atoms with Crippen LogP contribution in [-0.2, 0) is 9.53 Å². The van der Waals surface area contributed by atoms with Crippen molar-refractivity contribution in [3.05, 3.63) is 34.9 Å². The van der Waals surface area contributed by atoms with Gasteiger partial charge in [-0.05, 0) is 37.6 Å². The van der Waals surface area contributed by atoms with Crippen LogP contribution in [0.3, 0.4) is 0 Å². The van der Waals surface area contributed by atoms with Gasteiger partial charge in [0.1, 0.15) is 0 Å². The monoisotopic (exact) mass is 310 g/mol. The minimum atomic E-state index is -0.119. The second-order valence-corrected chi connectivity index (χ2v) is 5.92. The van der Waals surface area contributed by atoms with E-state index >= 15 is 0 Å². The number of carbonyl (C=O) groups is 1. The molecule has 0 spiro atoms. The van der Waals surface area contributed by atoms with Gasteiger partial charge in [-0.1, -0.05) is 30.7 Å². The molecule has 5 heteroatoms. The van der Waals surface area contributed by atoms with Crippen LogP contribution in [0.5, 0.6) is 0 Å². The van der Waals surface area contributed by atoms with Crippen molar-refractivity contribution in [2.24, 2.45) is 5.92 Å². The van der Waals surface area contributed by atoms with Crippen molar-refractivity contribution in [2.45, 2.75) is 32.4 Å². The summed E-state index contributed by atoms with van der Waals surface area (Å²) in [7, 11) is 0. The van der Waals surface area contributed by atoms with Crippen LogP contribution >= 0.6 is 11.6 Å². The van der Waals surface area contributed by atoms with Crippen molar-refractivity contribution in [1.82, 2.24) is 10.6 Å². The summed E-state index contributed by atoms with van der Waals surface area (Å²) in [5, 5.41) is 7.14. The summed E-state index contributed by atoms with van der Waals surface area (Å²) in [6.45, 7) is 6.09.